The number of hydrogen-bond acceptors (Lipinski definition) is 2. The van der Waals surface area contributed by atoms with Crippen molar-refractivity contribution in [1.82, 2.24) is 5.32 Å². The van der Waals surface area contributed by atoms with Crippen molar-refractivity contribution in [2.75, 3.05) is 6.54 Å². The lowest BCUT2D eigenvalue weighted by Crippen LogP contribution is -2.14. The van der Waals surface area contributed by atoms with Gasteiger partial charge >= 0.3 is 0 Å². The average Bonchev–Trinajstić information content (AvgIpc) is 2.37. The molecule has 1 amide bonds. The van der Waals surface area contributed by atoms with Crippen LogP contribution in [0.25, 0.3) is 0 Å². The number of carbonyl (C=O) groups excluding carboxylic acids is 1. The monoisotopic (exact) mass is 150 g/mol. The van der Waals surface area contributed by atoms with Crippen LogP contribution in [0.3, 0.4) is 0 Å². The molecule has 0 atom stereocenters. The van der Waals surface area contributed by atoms with E-state index >= 15 is 0 Å². The highest BCUT2D eigenvalue weighted by Gasteiger charge is 2.08. The van der Waals surface area contributed by atoms with Crippen molar-refractivity contribution in [2.45, 2.75) is 19.3 Å². The number of carbonyl (C=O) groups is 1. The zero-order chi connectivity index (χ0) is 8.10. The highest BCUT2D eigenvalue weighted by atomic mass is 16.1. The molecule has 0 aromatic carbocycles. The topological polar surface area (TPSA) is 52.9 Å². The van der Waals surface area contributed by atoms with Crippen molar-refractivity contribution < 1.29 is 4.79 Å². The van der Waals surface area contributed by atoms with Crippen molar-refractivity contribution in [2.24, 2.45) is 0 Å². The zero-order valence-electron chi connectivity index (χ0n) is 6.26. The van der Waals surface area contributed by atoms with E-state index in [1.807, 2.05) is 0 Å². The second kappa shape index (κ2) is 3.77. The van der Waals surface area contributed by atoms with Gasteiger partial charge in [0.25, 0.3) is 0 Å². The van der Waals surface area contributed by atoms with Gasteiger partial charge in [-0.1, -0.05) is 0 Å². The van der Waals surface area contributed by atoms with Gasteiger partial charge in [0.05, 0.1) is 6.07 Å². The third-order valence-electron chi connectivity index (χ3n) is 1.61. The number of nitriles is 1. The number of amides is 1. The van der Waals surface area contributed by atoms with Crippen molar-refractivity contribution in [3.63, 3.8) is 0 Å². The highest BCUT2D eigenvalue weighted by Crippen LogP contribution is 2.09. The van der Waals surface area contributed by atoms with Gasteiger partial charge in [0.1, 0.15) is 0 Å². The SMILES string of the molecule is N#CCCCC1=CC(=O)NC1. The maximum absolute atomic E-state index is 10.6. The van der Waals surface area contributed by atoms with Crippen molar-refractivity contribution in [3.8, 4) is 6.07 Å². The molecule has 1 rings (SSSR count). The predicted octanol–water partition coefficient (Wildman–Crippen LogP) is 0.736. The molecular formula is C8H10N2O. The highest BCUT2D eigenvalue weighted by molar-refractivity contribution is 5.90. The van der Waals surface area contributed by atoms with Crippen molar-refractivity contribution >= 4 is 5.91 Å². The molecule has 1 N–H and O–H groups in total. The first-order valence-corrected chi connectivity index (χ1v) is 3.67. The first kappa shape index (κ1) is 7.80. The normalized spacial score (nSPS) is 15.5. The Balaban J connectivity index is 2.23. The van der Waals surface area contributed by atoms with Crippen LogP contribution in [0, 0.1) is 11.3 Å². The van der Waals surface area contributed by atoms with Gasteiger partial charge in [-0.3, -0.25) is 4.79 Å². The second-order valence-electron chi connectivity index (χ2n) is 2.53. The van der Waals surface area contributed by atoms with Gasteiger partial charge in [-0.05, 0) is 18.4 Å². The van der Waals surface area contributed by atoms with Crippen LogP contribution in [-0.4, -0.2) is 12.5 Å². The van der Waals surface area contributed by atoms with Crippen LogP contribution in [0.15, 0.2) is 11.6 Å². The van der Waals surface area contributed by atoms with E-state index < -0.39 is 0 Å². The molecule has 1 heterocycles. The Bertz CT molecular complexity index is 225. The summed E-state index contributed by atoms with van der Waals surface area (Å²) < 4.78 is 0. The van der Waals surface area contributed by atoms with E-state index in [2.05, 4.69) is 11.4 Å². The molecule has 3 heteroatoms. The Morgan fingerprint density at radius 2 is 2.55 bits per heavy atom. The third kappa shape index (κ3) is 2.42. The molecule has 0 saturated heterocycles. The molecule has 0 bridgehead atoms. The van der Waals surface area contributed by atoms with E-state index in [1.165, 1.54) is 0 Å². The first-order chi connectivity index (χ1) is 5.33. The lowest BCUT2D eigenvalue weighted by Gasteiger charge is -1.95. The van der Waals surface area contributed by atoms with Gasteiger partial charge < -0.3 is 5.32 Å². The summed E-state index contributed by atoms with van der Waals surface area (Å²) in [7, 11) is 0. The molecule has 3 nitrogen and oxygen atoms in total. The first-order valence-electron chi connectivity index (χ1n) is 3.67. The Morgan fingerprint density at radius 3 is 3.09 bits per heavy atom. The van der Waals surface area contributed by atoms with E-state index in [0.29, 0.717) is 13.0 Å². The fourth-order valence-corrected chi connectivity index (χ4v) is 1.04. The number of rotatable bonds is 3. The van der Waals surface area contributed by atoms with E-state index in [1.54, 1.807) is 6.08 Å². The minimum absolute atomic E-state index is 0.00282. The Hall–Kier alpha value is -1.30. The molecular weight excluding hydrogens is 140 g/mol. The molecule has 0 unspecified atom stereocenters. The molecule has 0 saturated carbocycles. The quantitative estimate of drug-likeness (QED) is 0.603. The number of nitrogens with zero attached hydrogens (tertiary/aromatic N) is 1. The third-order valence-corrected chi connectivity index (χ3v) is 1.61. The van der Waals surface area contributed by atoms with E-state index in [0.717, 1.165) is 18.4 Å². The van der Waals surface area contributed by atoms with Gasteiger partial charge in [-0.2, -0.15) is 5.26 Å². The summed E-state index contributed by atoms with van der Waals surface area (Å²) in [6.07, 6.45) is 3.92. The van der Waals surface area contributed by atoms with Crippen molar-refractivity contribution in [3.05, 3.63) is 11.6 Å². The van der Waals surface area contributed by atoms with Crippen LogP contribution in [0.2, 0.25) is 0 Å². The smallest absolute Gasteiger partial charge is 0.244 e. The van der Waals surface area contributed by atoms with E-state index in [9.17, 15) is 4.79 Å². The Labute approximate surface area is 65.7 Å². The lowest BCUT2D eigenvalue weighted by molar-refractivity contribution is -0.115. The largest absolute Gasteiger partial charge is 0.349 e. The molecule has 1 aliphatic rings. The maximum Gasteiger partial charge on any atom is 0.244 e. The summed E-state index contributed by atoms with van der Waals surface area (Å²) in [6.45, 7) is 0.671. The van der Waals surface area contributed by atoms with Crippen LogP contribution >= 0.6 is 0 Å². The lowest BCUT2D eigenvalue weighted by atomic mass is 10.1. The Morgan fingerprint density at radius 1 is 1.73 bits per heavy atom. The van der Waals surface area contributed by atoms with Gasteiger partial charge in [0.15, 0.2) is 0 Å². The summed E-state index contributed by atoms with van der Waals surface area (Å²) in [6, 6.07) is 2.07. The standard InChI is InChI=1S/C8H10N2O/c9-4-2-1-3-7-5-8(11)10-6-7/h5H,1-3,6H2,(H,10,11). The average molecular weight is 150 g/mol. The van der Waals surface area contributed by atoms with Gasteiger partial charge in [0, 0.05) is 19.0 Å². The molecule has 11 heavy (non-hydrogen) atoms. The van der Waals surface area contributed by atoms with Crippen LogP contribution in [0.5, 0.6) is 0 Å². The minimum atomic E-state index is -0.00282. The molecule has 0 fully saturated rings. The van der Waals surface area contributed by atoms with Crippen LogP contribution < -0.4 is 5.32 Å². The molecule has 0 radical (unpaired) electrons. The summed E-state index contributed by atoms with van der Waals surface area (Å²) >= 11 is 0. The summed E-state index contributed by atoms with van der Waals surface area (Å²) in [5, 5.41) is 10.9. The number of nitrogens with one attached hydrogen (secondary N) is 1. The molecule has 0 spiro atoms. The number of unbranched alkanes of at least 4 members (excludes halogenated alkanes) is 1. The Kier molecular flexibility index (Phi) is 2.67. The number of hydrogen-bond donors (Lipinski definition) is 1. The fourth-order valence-electron chi connectivity index (χ4n) is 1.04. The fraction of sp³-hybridized carbons (Fsp3) is 0.500. The molecule has 0 aliphatic carbocycles. The van der Waals surface area contributed by atoms with Gasteiger partial charge in [-0.15, -0.1) is 0 Å². The summed E-state index contributed by atoms with van der Waals surface area (Å²) in [5.41, 5.74) is 1.12. The van der Waals surface area contributed by atoms with Gasteiger partial charge in [0.2, 0.25) is 5.91 Å². The zero-order valence-corrected chi connectivity index (χ0v) is 6.26. The van der Waals surface area contributed by atoms with E-state index in [4.69, 9.17) is 5.26 Å². The predicted molar refractivity (Wildman–Crippen MR) is 40.6 cm³/mol. The van der Waals surface area contributed by atoms with Crippen LogP contribution in [0.1, 0.15) is 19.3 Å². The van der Waals surface area contributed by atoms with E-state index in [-0.39, 0.29) is 5.91 Å². The van der Waals surface area contributed by atoms with Gasteiger partial charge in [-0.25, -0.2) is 0 Å². The van der Waals surface area contributed by atoms with Crippen molar-refractivity contribution in [1.29, 1.82) is 5.26 Å². The molecule has 0 aromatic rings. The second-order valence-corrected chi connectivity index (χ2v) is 2.53. The molecule has 0 aromatic heterocycles. The molecule has 1 aliphatic heterocycles. The summed E-state index contributed by atoms with van der Waals surface area (Å²) in [4.78, 5) is 10.6. The molecule has 58 valence electrons. The van der Waals surface area contributed by atoms with Crippen LogP contribution in [-0.2, 0) is 4.79 Å². The minimum Gasteiger partial charge on any atom is -0.349 e. The maximum atomic E-state index is 10.6. The van der Waals surface area contributed by atoms with Crippen LogP contribution in [0.4, 0.5) is 0 Å². The summed E-state index contributed by atoms with van der Waals surface area (Å²) in [5.74, 6) is -0.00282.